The molecule has 2 heterocycles. The van der Waals surface area contributed by atoms with Gasteiger partial charge in [0.05, 0.1) is 27.9 Å². The Morgan fingerprint density at radius 1 is 0.338 bits per heavy atom. The van der Waals surface area contributed by atoms with Crippen LogP contribution in [0.2, 0.25) is 0 Å². The lowest BCUT2D eigenvalue weighted by molar-refractivity contribution is 0.669. The monoisotopic (exact) mass is 846 g/mol. The van der Waals surface area contributed by atoms with Crippen molar-refractivity contribution in [1.29, 1.82) is 0 Å². The molecule has 0 saturated heterocycles. The third-order valence-electron chi connectivity index (χ3n) is 13.8. The van der Waals surface area contributed by atoms with Crippen molar-refractivity contribution < 1.29 is 4.42 Å². The van der Waals surface area contributed by atoms with Crippen LogP contribution in [0.3, 0.4) is 0 Å². The average Bonchev–Trinajstić information content (AvgIpc) is 4.11. The molecule has 2 aliphatic rings. The van der Waals surface area contributed by atoms with Gasteiger partial charge in [-0.3, -0.25) is 0 Å². The predicted octanol–water partition coefficient (Wildman–Crippen LogP) is 17.2. The molecule has 14 rings (SSSR count). The summed E-state index contributed by atoms with van der Waals surface area (Å²) in [6, 6.07) is 84.6. The summed E-state index contributed by atoms with van der Waals surface area (Å²) in [6.45, 7) is 0. The van der Waals surface area contributed by atoms with Crippen LogP contribution in [0.25, 0.3) is 64.4 Å². The van der Waals surface area contributed by atoms with E-state index in [-0.39, 0.29) is 0 Å². The molecule has 0 bridgehead atoms. The normalized spacial score (nSPS) is 14.5. The van der Waals surface area contributed by atoms with Crippen LogP contribution < -0.4 is 9.80 Å². The minimum absolute atomic E-state index is 0.608. The molecule has 1 atom stereocenters. The highest BCUT2D eigenvalue weighted by atomic mass is 32.1. The molecule has 304 valence electrons. The van der Waals surface area contributed by atoms with E-state index in [2.05, 4.69) is 234 Å². The van der Waals surface area contributed by atoms with Gasteiger partial charge in [0.15, 0.2) is 0 Å². The Kier molecular flexibility index (Phi) is 7.77. The average molecular weight is 847 g/mol. The summed E-state index contributed by atoms with van der Waals surface area (Å²) in [5, 5.41) is 4.76. The smallest absolute Gasteiger partial charge is 0.137 e. The molecule has 10 aromatic carbocycles. The van der Waals surface area contributed by atoms with Crippen molar-refractivity contribution in [2.45, 2.75) is 5.41 Å². The highest BCUT2D eigenvalue weighted by Gasteiger charge is 2.53. The maximum absolute atomic E-state index is 6.47. The summed E-state index contributed by atoms with van der Waals surface area (Å²) in [4.78, 5) is 4.94. The van der Waals surface area contributed by atoms with Gasteiger partial charge in [0, 0.05) is 48.2 Å². The van der Waals surface area contributed by atoms with Gasteiger partial charge in [0.2, 0.25) is 0 Å². The van der Waals surface area contributed by atoms with Crippen molar-refractivity contribution in [3.05, 3.63) is 253 Å². The van der Waals surface area contributed by atoms with E-state index in [1.807, 2.05) is 17.4 Å². The van der Waals surface area contributed by atoms with Crippen molar-refractivity contribution in [2.24, 2.45) is 0 Å². The van der Waals surface area contributed by atoms with Gasteiger partial charge in [-0.05, 0) is 118 Å². The number of para-hydroxylation sites is 3. The van der Waals surface area contributed by atoms with Gasteiger partial charge in [-0.15, -0.1) is 11.3 Å². The molecule has 0 saturated carbocycles. The van der Waals surface area contributed by atoms with Crippen molar-refractivity contribution >= 4 is 87.6 Å². The first-order valence-electron chi connectivity index (χ1n) is 22.3. The van der Waals surface area contributed by atoms with Crippen molar-refractivity contribution in [3.8, 4) is 22.3 Å². The molecule has 1 unspecified atom stereocenters. The lowest BCUT2D eigenvalue weighted by Crippen LogP contribution is -2.28. The van der Waals surface area contributed by atoms with Crippen LogP contribution in [0.1, 0.15) is 22.3 Å². The Balaban J connectivity index is 1.06. The molecule has 4 heteroatoms. The third kappa shape index (κ3) is 5.06. The second kappa shape index (κ2) is 13.9. The van der Waals surface area contributed by atoms with Crippen LogP contribution in [-0.4, -0.2) is 0 Å². The fourth-order valence-electron chi connectivity index (χ4n) is 11.4. The Bertz CT molecular complexity index is 3870. The number of fused-ring (bicyclic) bond motifs is 16. The van der Waals surface area contributed by atoms with Gasteiger partial charge < -0.3 is 14.2 Å². The van der Waals surface area contributed by atoms with Gasteiger partial charge in [-0.1, -0.05) is 152 Å². The minimum atomic E-state index is -0.608. The first kappa shape index (κ1) is 36.3. The molecule has 0 aliphatic heterocycles. The zero-order valence-corrected chi connectivity index (χ0v) is 36.0. The highest BCUT2D eigenvalue weighted by molar-refractivity contribution is 7.26. The summed E-state index contributed by atoms with van der Waals surface area (Å²) in [6.07, 6.45) is 0. The largest absolute Gasteiger partial charge is 0.456 e. The molecule has 0 amide bonds. The minimum Gasteiger partial charge on any atom is -0.456 e. The molecular formula is C61H38N2OS. The number of rotatable bonds is 6. The fourth-order valence-corrected chi connectivity index (χ4v) is 12.5. The maximum atomic E-state index is 6.47. The van der Waals surface area contributed by atoms with Crippen LogP contribution in [0.5, 0.6) is 0 Å². The molecule has 2 aromatic heterocycles. The number of nitrogens with zero attached hydrogens (tertiary/aromatic N) is 2. The van der Waals surface area contributed by atoms with E-state index in [0.717, 1.165) is 44.7 Å². The van der Waals surface area contributed by atoms with Crippen LogP contribution in [0.15, 0.2) is 235 Å². The summed E-state index contributed by atoms with van der Waals surface area (Å²) < 4.78 is 9.04. The second-order valence-corrected chi connectivity index (χ2v) is 18.2. The van der Waals surface area contributed by atoms with Gasteiger partial charge in [0.25, 0.3) is 0 Å². The fraction of sp³-hybridized carbons (Fsp3) is 0.0164. The van der Waals surface area contributed by atoms with E-state index < -0.39 is 5.41 Å². The first-order chi connectivity index (χ1) is 32.3. The van der Waals surface area contributed by atoms with Crippen LogP contribution in [0, 0.1) is 0 Å². The molecule has 2 aliphatic carbocycles. The summed E-state index contributed by atoms with van der Waals surface area (Å²) in [7, 11) is 0. The van der Waals surface area contributed by atoms with E-state index in [9.17, 15) is 0 Å². The Morgan fingerprint density at radius 2 is 0.877 bits per heavy atom. The number of hydrogen-bond acceptors (Lipinski definition) is 4. The number of hydrogen-bond donors (Lipinski definition) is 0. The van der Waals surface area contributed by atoms with Gasteiger partial charge in [-0.25, -0.2) is 0 Å². The zero-order chi connectivity index (χ0) is 42.6. The lowest BCUT2D eigenvalue weighted by Gasteiger charge is -2.36. The van der Waals surface area contributed by atoms with E-state index in [1.54, 1.807) is 0 Å². The maximum Gasteiger partial charge on any atom is 0.137 e. The number of benzene rings is 10. The molecule has 12 aromatic rings. The highest BCUT2D eigenvalue weighted by Crippen LogP contribution is 2.66. The lowest BCUT2D eigenvalue weighted by atomic mass is 9.70. The predicted molar refractivity (Wildman–Crippen MR) is 272 cm³/mol. The SMILES string of the molecule is c1ccc(N(c2ccc3c(c2)-c2ccccc2C32c3ccccc3-c3cccc(N(c4ccccc4)c4cccc5sc6ccccc6c45)c32)c2cccc3oc4ccccc4c23)cc1. The molecule has 0 N–H and O–H groups in total. The molecule has 3 nitrogen and oxygen atoms in total. The van der Waals surface area contributed by atoms with E-state index in [1.165, 1.54) is 76.1 Å². The zero-order valence-electron chi connectivity index (χ0n) is 35.2. The van der Waals surface area contributed by atoms with Crippen molar-refractivity contribution in [1.82, 2.24) is 0 Å². The van der Waals surface area contributed by atoms with Crippen LogP contribution >= 0.6 is 11.3 Å². The molecular weight excluding hydrogens is 809 g/mol. The van der Waals surface area contributed by atoms with E-state index in [0.29, 0.717) is 0 Å². The van der Waals surface area contributed by atoms with Crippen molar-refractivity contribution in [3.63, 3.8) is 0 Å². The Hall–Kier alpha value is -8.18. The number of anilines is 6. The Morgan fingerprint density at radius 3 is 1.66 bits per heavy atom. The third-order valence-corrected chi connectivity index (χ3v) is 15.0. The Labute approximate surface area is 380 Å². The number of furan rings is 1. The summed E-state index contributed by atoms with van der Waals surface area (Å²) in [5.74, 6) is 0. The standard InChI is InChI=1S/C61H38N2OS/c1-3-18-39(19-4-1)62(51-29-16-33-55-58(51)45-24-9-13-32-54(45)64-55)41-36-37-50-47(38-41)43-23-8-12-28-49(43)61(50)48-27-11-7-22-42(48)44-26-15-31-53(60(44)61)63(40-20-5-2-6-21-40)52-30-17-35-57-59(52)46-25-10-14-34-56(46)65-57/h1-38H. The molecule has 0 radical (unpaired) electrons. The quantitative estimate of drug-likeness (QED) is 0.166. The summed E-state index contributed by atoms with van der Waals surface area (Å²) >= 11 is 1.86. The van der Waals surface area contributed by atoms with E-state index >= 15 is 0 Å². The van der Waals surface area contributed by atoms with Gasteiger partial charge in [0.1, 0.15) is 11.2 Å². The van der Waals surface area contributed by atoms with Crippen LogP contribution in [0.4, 0.5) is 34.1 Å². The van der Waals surface area contributed by atoms with Crippen molar-refractivity contribution in [2.75, 3.05) is 9.80 Å². The van der Waals surface area contributed by atoms with Gasteiger partial charge >= 0.3 is 0 Å². The first-order valence-corrected chi connectivity index (χ1v) is 23.1. The molecule has 0 fully saturated rings. The number of thiophene rings is 1. The van der Waals surface area contributed by atoms with Crippen LogP contribution in [-0.2, 0) is 5.41 Å². The molecule has 1 spiro atoms. The topological polar surface area (TPSA) is 19.6 Å². The second-order valence-electron chi connectivity index (χ2n) is 17.1. The van der Waals surface area contributed by atoms with Gasteiger partial charge in [-0.2, -0.15) is 0 Å². The van der Waals surface area contributed by atoms with E-state index in [4.69, 9.17) is 4.42 Å². The molecule has 65 heavy (non-hydrogen) atoms. The summed E-state index contributed by atoms with van der Waals surface area (Å²) in [5.41, 5.74) is 18.1.